The minimum atomic E-state index is -0.560. The van der Waals surface area contributed by atoms with E-state index in [2.05, 4.69) is 4.98 Å². The summed E-state index contributed by atoms with van der Waals surface area (Å²) >= 11 is 0. The molecule has 22 heavy (non-hydrogen) atoms. The zero-order valence-corrected chi connectivity index (χ0v) is 11.9. The second kappa shape index (κ2) is 7.16. The maximum absolute atomic E-state index is 12.0. The second-order valence-electron chi connectivity index (χ2n) is 4.29. The molecule has 0 bridgehead atoms. The van der Waals surface area contributed by atoms with E-state index in [0.717, 1.165) is 0 Å². The van der Waals surface area contributed by atoms with Gasteiger partial charge in [0.25, 0.3) is 5.69 Å². The topological polar surface area (TPSA) is 91.6 Å². The van der Waals surface area contributed by atoms with Crippen molar-refractivity contribution in [1.29, 1.82) is 0 Å². The van der Waals surface area contributed by atoms with Crippen LogP contribution < -0.4 is 4.74 Å². The third-order valence-electron chi connectivity index (χ3n) is 2.79. The summed E-state index contributed by atoms with van der Waals surface area (Å²) < 4.78 is 10.4. The Morgan fingerprint density at radius 3 is 2.64 bits per heavy atom. The van der Waals surface area contributed by atoms with E-state index in [9.17, 15) is 14.9 Å². The number of nitro groups is 1. The number of pyridine rings is 1. The van der Waals surface area contributed by atoms with Gasteiger partial charge in [-0.25, -0.2) is 9.78 Å². The lowest BCUT2D eigenvalue weighted by atomic mass is 10.2. The predicted molar refractivity (Wildman–Crippen MR) is 77.6 cm³/mol. The summed E-state index contributed by atoms with van der Waals surface area (Å²) in [5.41, 5.74) is 0.882. The van der Waals surface area contributed by atoms with Gasteiger partial charge in [0.15, 0.2) is 0 Å². The maximum Gasteiger partial charge on any atom is 0.343 e. The molecule has 7 heteroatoms. The number of esters is 1. The Labute approximate surface area is 126 Å². The van der Waals surface area contributed by atoms with Gasteiger partial charge in [0.1, 0.15) is 12.2 Å². The summed E-state index contributed by atoms with van der Waals surface area (Å²) in [5, 5.41) is 10.6. The van der Waals surface area contributed by atoms with Crippen LogP contribution in [0.5, 0.6) is 5.88 Å². The molecule has 0 unspecified atom stereocenters. The highest BCUT2D eigenvalue weighted by atomic mass is 16.6. The fourth-order valence-corrected chi connectivity index (χ4v) is 1.74. The Hall–Kier alpha value is -2.96. The number of hydrogen-bond acceptors (Lipinski definition) is 6. The standard InChI is InChI=1S/C15H14N2O5/c1-2-21-14-13(4-3-9-16-14)15(18)22-10-11-5-7-12(8-6-11)17(19)20/h3-9H,2,10H2,1H3. The molecule has 2 aromatic rings. The highest BCUT2D eigenvalue weighted by molar-refractivity contribution is 5.91. The summed E-state index contributed by atoms with van der Waals surface area (Å²) in [6.07, 6.45) is 1.53. The van der Waals surface area contributed by atoms with Gasteiger partial charge in [-0.2, -0.15) is 0 Å². The van der Waals surface area contributed by atoms with Crippen molar-refractivity contribution < 1.29 is 19.2 Å². The maximum atomic E-state index is 12.0. The average molecular weight is 302 g/mol. The van der Waals surface area contributed by atoms with Gasteiger partial charge in [0, 0.05) is 18.3 Å². The molecule has 1 aromatic carbocycles. The average Bonchev–Trinajstić information content (AvgIpc) is 2.54. The number of carbonyl (C=O) groups is 1. The predicted octanol–water partition coefficient (Wildman–Crippen LogP) is 2.75. The van der Waals surface area contributed by atoms with E-state index in [1.807, 2.05) is 0 Å². The fraction of sp³-hybridized carbons (Fsp3) is 0.200. The zero-order valence-electron chi connectivity index (χ0n) is 11.9. The van der Waals surface area contributed by atoms with E-state index in [-0.39, 0.29) is 23.7 Å². The SMILES string of the molecule is CCOc1ncccc1C(=O)OCc1ccc([N+](=O)[O-])cc1. The van der Waals surface area contributed by atoms with E-state index in [0.29, 0.717) is 12.2 Å². The molecule has 0 atom stereocenters. The molecular weight excluding hydrogens is 288 g/mol. The second-order valence-corrected chi connectivity index (χ2v) is 4.29. The third-order valence-corrected chi connectivity index (χ3v) is 2.79. The summed E-state index contributed by atoms with van der Waals surface area (Å²) in [6, 6.07) is 8.98. The van der Waals surface area contributed by atoms with Crippen molar-refractivity contribution in [3.63, 3.8) is 0 Å². The molecule has 0 amide bonds. The number of benzene rings is 1. The molecule has 0 saturated carbocycles. The molecule has 0 aliphatic carbocycles. The molecule has 2 rings (SSSR count). The first-order valence-electron chi connectivity index (χ1n) is 6.60. The minimum absolute atomic E-state index is 0.0112. The highest BCUT2D eigenvalue weighted by Crippen LogP contribution is 2.17. The molecule has 0 spiro atoms. The molecule has 1 heterocycles. The lowest BCUT2D eigenvalue weighted by Crippen LogP contribution is -2.09. The van der Waals surface area contributed by atoms with Crippen LogP contribution in [-0.4, -0.2) is 22.5 Å². The van der Waals surface area contributed by atoms with Crippen LogP contribution in [-0.2, 0) is 11.3 Å². The Morgan fingerprint density at radius 1 is 1.27 bits per heavy atom. The van der Waals surface area contributed by atoms with E-state index < -0.39 is 10.9 Å². The summed E-state index contributed by atoms with van der Waals surface area (Å²) in [4.78, 5) is 26.1. The normalized spacial score (nSPS) is 10.0. The minimum Gasteiger partial charge on any atom is -0.477 e. The van der Waals surface area contributed by atoms with Crippen molar-refractivity contribution in [2.24, 2.45) is 0 Å². The number of hydrogen-bond donors (Lipinski definition) is 0. The first-order chi connectivity index (χ1) is 10.6. The van der Waals surface area contributed by atoms with E-state index >= 15 is 0 Å². The molecule has 0 saturated heterocycles. The van der Waals surface area contributed by atoms with Crippen LogP contribution in [0, 0.1) is 10.1 Å². The van der Waals surface area contributed by atoms with Gasteiger partial charge in [-0.1, -0.05) is 0 Å². The van der Waals surface area contributed by atoms with Gasteiger partial charge in [-0.15, -0.1) is 0 Å². The van der Waals surface area contributed by atoms with Crippen LogP contribution in [0.3, 0.4) is 0 Å². The number of carbonyl (C=O) groups excluding carboxylic acids is 1. The van der Waals surface area contributed by atoms with Gasteiger partial charge in [0.2, 0.25) is 5.88 Å². The Balaban J connectivity index is 2.02. The molecule has 0 aliphatic rings. The first-order valence-corrected chi connectivity index (χ1v) is 6.60. The Morgan fingerprint density at radius 2 is 2.00 bits per heavy atom. The van der Waals surface area contributed by atoms with Crippen molar-refractivity contribution in [3.8, 4) is 5.88 Å². The third kappa shape index (κ3) is 3.78. The quantitative estimate of drug-likeness (QED) is 0.463. The van der Waals surface area contributed by atoms with Gasteiger partial charge in [-0.05, 0) is 36.8 Å². The van der Waals surface area contributed by atoms with Crippen molar-refractivity contribution in [2.75, 3.05) is 6.61 Å². The van der Waals surface area contributed by atoms with Crippen LogP contribution in [0.4, 0.5) is 5.69 Å². The summed E-state index contributed by atoms with van der Waals surface area (Å²) in [6.45, 7) is 2.19. The lowest BCUT2D eigenvalue weighted by Gasteiger charge is -2.08. The molecular formula is C15H14N2O5. The number of non-ortho nitro benzene ring substituents is 1. The van der Waals surface area contributed by atoms with E-state index in [1.165, 1.54) is 30.5 Å². The van der Waals surface area contributed by atoms with Crippen molar-refractivity contribution in [1.82, 2.24) is 4.98 Å². The number of rotatable bonds is 6. The molecule has 114 valence electrons. The first kappa shape index (κ1) is 15.4. The smallest absolute Gasteiger partial charge is 0.343 e. The molecule has 0 radical (unpaired) electrons. The number of ether oxygens (including phenoxy) is 2. The van der Waals surface area contributed by atoms with Crippen LogP contribution in [0.15, 0.2) is 42.6 Å². The van der Waals surface area contributed by atoms with Gasteiger partial charge < -0.3 is 9.47 Å². The summed E-state index contributed by atoms with van der Waals surface area (Å²) in [7, 11) is 0. The zero-order chi connectivity index (χ0) is 15.9. The highest BCUT2D eigenvalue weighted by Gasteiger charge is 2.15. The van der Waals surface area contributed by atoms with Crippen LogP contribution >= 0.6 is 0 Å². The fourth-order valence-electron chi connectivity index (χ4n) is 1.74. The van der Waals surface area contributed by atoms with Gasteiger partial charge in [0.05, 0.1) is 11.5 Å². The van der Waals surface area contributed by atoms with Gasteiger partial charge >= 0.3 is 5.97 Å². The Bertz CT molecular complexity index is 670. The monoisotopic (exact) mass is 302 g/mol. The molecule has 0 N–H and O–H groups in total. The van der Waals surface area contributed by atoms with Crippen LogP contribution in [0.2, 0.25) is 0 Å². The lowest BCUT2D eigenvalue weighted by molar-refractivity contribution is -0.384. The number of nitrogens with zero attached hydrogens (tertiary/aromatic N) is 2. The van der Waals surface area contributed by atoms with Crippen molar-refractivity contribution in [2.45, 2.75) is 13.5 Å². The molecule has 7 nitrogen and oxygen atoms in total. The van der Waals surface area contributed by atoms with Crippen LogP contribution in [0.1, 0.15) is 22.8 Å². The molecule has 1 aromatic heterocycles. The molecule has 0 fully saturated rings. The Kier molecular flexibility index (Phi) is 5.02. The number of aromatic nitrogens is 1. The number of nitro benzene ring substituents is 1. The van der Waals surface area contributed by atoms with Gasteiger partial charge in [-0.3, -0.25) is 10.1 Å². The van der Waals surface area contributed by atoms with E-state index in [4.69, 9.17) is 9.47 Å². The van der Waals surface area contributed by atoms with Crippen molar-refractivity contribution in [3.05, 3.63) is 63.8 Å². The largest absolute Gasteiger partial charge is 0.477 e. The van der Waals surface area contributed by atoms with Crippen molar-refractivity contribution >= 4 is 11.7 Å². The van der Waals surface area contributed by atoms with Crippen LogP contribution in [0.25, 0.3) is 0 Å². The summed E-state index contributed by atoms with van der Waals surface area (Å²) in [5.74, 6) is -0.339. The van der Waals surface area contributed by atoms with E-state index in [1.54, 1.807) is 19.1 Å². The molecule has 0 aliphatic heterocycles.